The van der Waals surface area contributed by atoms with Crippen molar-refractivity contribution in [3.05, 3.63) is 89.5 Å². The van der Waals surface area contributed by atoms with Crippen LogP contribution in [0.2, 0.25) is 0 Å². The Hall–Kier alpha value is -3.84. The predicted octanol–water partition coefficient (Wildman–Crippen LogP) is 4.20. The summed E-state index contributed by atoms with van der Waals surface area (Å²) in [5.74, 6) is -0.193. The number of carbonyl (C=O) groups excluding carboxylic acids is 2. The maximum absolute atomic E-state index is 13.3. The molecule has 3 aromatic rings. The number of nitrogens with zero attached hydrogens (tertiary/aromatic N) is 1. The summed E-state index contributed by atoms with van der Waals surface area (Å²) in [6.07, 6.45) is -0.349. The number of amides is 2. The van der Waals surface area contributed by atoms with E-state index in [1.807, 2.05) is 73.7 Å². The number of hydrogen-bond acceptors (Lipinski definition) is 5. The lowest BCUT2D eigenvalue weighted by atomic mass is 10.0. The van der Waals surface area contributed by atoms with Crippen molar-refractivity contribution in [1.29, 1.82) is 0 Å². The molecule has 7 nitrogen and oxygen atoms in total. The molecule has 3 aromatic carbocycles. The van der Waals surface area contributed by atoms with Gasteiger partial charge in [-0.1, -0.05) is 42.5 Å². The third-order valence-corrected chi connectivity index (χ3v) is 5.38. The summed E-state index contributed by atoms with van der Waals surface area (Å²) >= 11 is 0. The highest BCUT2D eigenvalue weighted by Gasteiger charge is 2.25. The summed E-state index contributed by atoms with van der Waals surface area (Å²) in [5.41, 5.74) is 10.7. The summed E-state index contributed by atoms with van der Waals surface area (Å²) < 4.78 is 5.02. The Morgan fingerprint density at radius 3 is 2.56 bits per heavy atom. The van der Waals surface area contributed by atoms with E-state index in [9.17, 15) is 9.59 Å². The number of rotatable bonds is 7. The minimum Gasteiger partial charge on any atom is -0.447 e. The first kappa shape index (κ1) is 21.4. The monoisotopic (exact) mass is 430 g/mol. The van der Waals surface area contributed by atoms with Crippen molar-refractivity contribution in [2.45, 2.75) is 19.5 Å². The standard InChI is InChI=1S/C25H26N4O3/c1-17-14-21(10-11-22(17)29-12-13-32-25(29)31)28-24(30)23(19-7-3-2-4-8-19)27-20-9-5-6-18(15-20)16-26/h2-11,14-15,23,27H,12-13,16,26H2,1H3,(H,28,30)/t23-/m0/s1. The lowest BCUT2D eigenvalue weighted by molar-refractivity contribution is -0.117. The van der Waals surface area contributed by atoms with Crippen LogP contribution in [0.3, 0.4) is 0 Å². The number of nitrogens with two attached hydrogens (primary N) is 1. The van der Waals surface area contributed by atoms with E-state index in [4.69, 9.17) is 10.5 Å². The van der Waals surface area contributed by atoms with E-state index >= 15 is 0 Å². The second-order valence-electron chi connectivity index (χ2n) is 7.65. The van der Waals surface area contributed by atoms with Gasteiger partial charge < -0.3 is 21.1 Å². The third-order valence-electron chi connectivity index (χ3n) is 5.38. The van der Waals surface area contributed by atoms with Crippen LogP contribution in [0.1, 0.15) is 22.7 Å². The summed E-state index contributed by atoms with van der Waals surface area (Å²) in [6.45, 7) is 3.23. The molecule has 0 spiro atoms. The molecular formula is C25H26N4O3. The first-order valence-electron chi connectivity index (χ1n) is 10.5. The van der Waals surface area contributed by atoms with Crippen molar-refractivity contribution in [2.24, 2.45) is 5.73 Å². The zero-order valence-corrected chi connectivity index (χ0v) is 17.9. The van der Waals surface area contributed by atoms with Crippen LogP contribution in [-0.4, -0.2) is 25.2 Å². The molecule has 1 fully saturated rings. The minimum absolute atomic E-state index is 0.193. The topological polar surface area (TPSA) is 96.7 Å². The molecule has 1 aliphatic heterocycles. The molecule has 1 aliphatic rings. The van der Waals surface area contributed by atoms with Crippen molar-refractivity contribution in [1.82, 2.24) is 0 Å². The van der Waals surface area contributed by atoms with Crippen LogP contribution in [-0.2, 0) is 16.1 Å². The molecule has 1 heterocycles. The van der Waals surface area contributed by atoms with Crippen LogP contribution in [0.25, 0.3) is 0 Å². The van der Waals surface area contributed by atoms with Gasteiger partial charge in [0.25, 0.3) is 5.91 Å². The fourth-order valence-electron chi connectivity index (χ4n) is 3.76. The van der Waals surface area contributed by atoms with Crippen LogP contribution in [0.4, 0.5) is 21.9 Å². The Morgan fingerprint density at radius 2 is 1.88 bits per heavy atom. The van der Waals surface area contributed by atoms with E-state index in [-0.39, 0.29) is 12.0 Å². The second kappa shape index (κ2) is 9.53. The summed E-state index contributed by atoms with van der Waals surface area (Å²) in [7, 11) is 0. The highest BCUT2D eigenvalue weighted by molar-refractivity contribution is 5.98. The molecule has 4 N–H and O–H groups in total. The Morgan fingerprint density at radius 1 is 1.06 bits per heavy atom. The molecule has 0 radical (unpaired) electrons. The van der Waals surface area contributed by atoms with Crippen LogP contribution in [0, 0.1) is 6.92 Å². The van der Waals surface area contributed by atoms with Crippen molar-refractivity contribution in [3.63, 3.8) is 0 Å². The number of aryl methyl sites for hydroxylation is 1. The van der Waals surface area contributed by atoms with Crippen molar-refractivity contribution in [2.75, 3.05) is 28.7 Å². The number of cyclic esters (lactones) is 1. The summed E-state index contributed by atoms with van der Waals surface area (Å²) in [5, 5.41) is 6.33. The molecular weight excluding hydrogens is 404 g/mol. The molecule has 1 saturated heterocycles. The maximum atomic E-state index is 13.3. The highest BCUT2D eigenvalue weighted by atomic mass is 16.6. The summed E-state index contributed by atoms with van der Waals surface area (Å²) in [6, 6.07) is 22.1. The second-order valence-corrected chi connectivity index (χ2v) is 7.65. The fraction of sp³-hybridized carbons (Fsp3) is 0.200. The summed E-state index contributed by atoms with van der Waals surface area (Å²) in [4.78, 5) is 26.8. The van der Waals surface area contributed by atoms with Gasteiger partial charge in [-0.3, -0.25) is 9.69 Å². The van der Waals surface area contributed by atoms with E-state index in [0.29, 0.717) is 25.4 Å². The van der Waals surface area contributed by atoms with Crippen molar-refractivity contribution in [3.8, 4) is 0 Å². The quantitative estimate of drug-likeness (QED) is 0.522. The number of benzene rings is 3. The lowest BCUT2D eigenvalue weighted by Crippen LogP contribution is -2.27. The van der Waals surface area contributed by atoms with E-state index in [2.05, 4.69) is 10.6 Å². The SMILES string of the molecule is Cc1cc(NC(=O)[C@@H](Nc2cccc(CN)c2)c2ccccc2)ccc1N1CCOC1=O. The highest BCUT2D eigenvalue weighted by Crippen LogP contribution is 2.27. The molecule has 0 bridgehead atoms. The van der Waals surface area contributed by atoms with Crippen molar-refractivity contribution < 1.29 is 14.3 Å². The third kappa shape index (κ3) is 4.73. The van der Waals surface area contributed by atoms with Gasteiger partial charge >= 0.3 is 6.09 Å². The minimum atomic E-state index is -0.599. The zero-order chi connectivity index (χ0) is 22.5. The molecule has 0 saturated carbocycles. The molecule has 7 heteroatoms. The van der Waals surface area contributed by atoms with Gasteiger partial charge in [0, 0.05) is 17.9 Å². The molecule has 0 aromatic heterocycles. The van der Waals surface area contributed by atoms with Gasteiger partial charge in [0.05, 0.1) is 12.2 Å². The molecule has 1 atom stereocenters. The van der Waals surface area contributed by atoms with Crippen LogP contribution >= 0.6 is 0 Å². The number of carbonyl (C=O) groups is 2. The molecule has 2 amide bonds. The average molecular weight is 431 g/mol. The number of ether oxygens (including phenoxy) is 1. The smallest absolute Gasteiger partial charge is 0.414 e. The van der Waals surface area contributed by atoms with Gasteiger partial charge in [-0.05, 0) is 53.9 Å². The van der Waals surface area contributed by atoms with Crippen LogP contribution in [0.5, 0.6) is 0 Å². The molecule has 4 rings (SSSR count). The van der Waals surface area contributed by atoms with Crippen LogP contribution < -0.4 is 21.3 Å². The largest absolute Gasteiger partial charge is 0.447 e. The van der Waals surface area contributed by atoms with Gasteiger partial charge in [0.2, 0.25) is 0 Å². The molecule has 164 valence electrons. The molecule has 0 unspecified atom stereocenters. The Labute approximate surface area is 187 Å². The van der Waals surface area contributed by atoms with E-state index < -0.39 is 6.04 Å². The van der Waals surface area contributed by atoms with E-state index in [1.54, 1.807) is 11.0 Å². The molecule has 0 aliphatic carbocycles. The number of nitrogens with one attached hydrogen (secondary N) is 2. The van der Waals surface area contributed by atoms with E-state index in [0.717, 1.165) is 28.1 Å². The average Bonchev–Trinajstić information content (AvgIpc) is 3.23. The first-order chi connectivity index (χ1) is 15.5. The molecule has 32 heavy (non-hydrogen) atoms. The van der Waals surface area contributed by atoms with Crippen LogP contribution in [0.15, 0.2) is 72.8 Å². The van der Waals surface area contributed by atoms with E-state index in [1.165, 1.54) is 0 Å². The maximum Gasteiger partial charge on any atom is 0.414 e. The van der Waals surface area contributed by atoms with Gasteiger partial charge in [-0.25, -0.2) is 4.79 Å². The number of hydrogen-bond donors (Lipinski definition) is 3. The van der Waals surface area contributed by atoms with Crippen molar-refractivity contribution >= 4 is 29.1 Å². The fourth-order valence-corrected chi connectivity index (χ4v) is 3.76. The van der Waals surface area contributed by atoms with Gasteiger partial charge in [0.1, 0.15) is 12.6 Å². The Bertz CT molecular complexity index is 1120. The van der Waals surface area contributed by atoms with Gasteiger partial charge in [-0.15, -0.1) is 0 Å². The van der Waals surface area contributed by atoms with Gasteiger partial charge in [0.15, 0.2) is 0 Å². The first-order valence-corrected chi connectivity index (χ1v) is 10.5. The Kier molecular flexibility index (Phi) is 6.37. The predicted molar refractivity (Wildman–Crippen MR) is 126 cm³/mol. The van der Waals surface area contributed by atoms with Gasteiger partial charge in [-0.2, -0.15) is 0 Å². The Balaban J connectivity index is 1.56. The lowest BCUT2D eigenvalue weighted by Gasteiger charge is -2.21. The number of anilines is 3. The zero-order valence-electron chi connectivity index (χ0n) is 17.9. The normalized spacial score (nSPS) is 14.1.